The van der Waals surface area contributed by atoms with E-state index in [1.165, 1.54) is 0 Å². The van der Waals surface area contributed by atoms with Gasteiger partial charge in [-0.1, -0.05) is 13.8 Å². The molecule has 0 radical (unpaired) electrons. The van der Waals surface area contributed by atoms with Crippen LogP contribution in [-0.4, -0.2) is 37.7 Å². The quantitative estimate of drug-likeness (QED) is 0.690. The van der Waals surface area contributed by atoms with E-state index in [2.05, 4.69) is 24.5 Å². The standard InChI is InChI=1S/C12H26N2O2/c1-9(2)7-13-11(15)10(3)14-8-12(4,5)16-6/h9-10,14H,7-8H2,1-6H3,(H,13,15). The molecule has 0 aliphatic carbocycles. The smallest absolute Gasteiger partial charge is 0.236 e. The van der Waals surface area contributed by atoms with E-state index in [-0.39, 0.29) is 17.6 Å². The Morgan fingerprint density at radius 2 is 1.88 bits per heavy atom. The van der Waals surface area contributed by atoms with Gasteiger partial charge in [-0.05, 0) is 26.7 Å². The Hall–Kier alpha value is -0.610. The topological polar surface area (TPSA) is 50.4 Å². The van der Waals surface area contributed by atoms with Crippen molar-refractivity contribution in [2.45, 2.75) is 46.3 Å². The second-order valence-electron chi connectivity index (χ2n) is 5.21. The van der Waals surface area contributed by atoms with Crippen LogP contribution < -0.4 is 10.6 Å². The number of carbonyl (C=O) groups is 1. The van der Waals surface area contributed by atoms with Crippen molar-refractivity contribution in [3.8, 4) is 0 Å². The summed E-state index contributed by atoms with van der Waals surface area (Å²) in [4.78, 5) is 11.6. The third-order valence-corrected chi connectivity index (χ3v) is 2.46. The van der Waals surface area contributed by atoms with Gasteiger partial charge in [0.25, 0.3) is 0 Å². The van der Waals surface area contributed by atoms with E-state index in [0.29, 0.717) is 12.5 Å². The Morgan fingerprint density at radius 1 is 1.31 bits per heavy atom. The molecule has 4 heteroatoms. The molecule has 96 valence electrons. The Labute approximate surface area is 99.1 Å². The molecule has 1 unspecified atom stereocenters. The van der Waals surface area contributed by atoms with Crippen molar-refractivity contribution in [1.82, 2.24) is 10.6 Å². The van der Waals surface area contributed by atoms with Gasteiger partial charge in [0, 0.05) is 20.2 Å². The molecular weight excluding hydrogens is 204 g/mol. The van der Waals surface area contributed by atoms with Gasteiger partial charge in [-0.15, -0.1) is 0 Å². The van der Waals surface area contributed by atoms with E-state index in [1.807, 2.05) is 20.8 Å². The molecule has 16 heavy (non-hydrogen) atoms. The monoisotopic (exact) mass is 230 g/mol. The maximum Gasteiger partial charge on any atom is 0.236 e. The molecule has 0 saturated heterocycles. The van der Waals surface area contributed by atoms with Crippen LogP contribution in [-0.2, 0) is 9.53 Å². The zero-order valence-corrected chi connectivity index (χ0v) is 11.4. The lowest BCUT2D eigenvalue weighted by atomic mass is 10.1. The highest BCUT2D eigenvalue weighted by Gasteiger charge is 2.19. The number of hydrogen-bond donors (Lipinski definition) is 2. The average molecular weight is 230 g/mol. The van der Waals surface area contributed by atoms with Crippen molar-refractivity contribution >= 4 is 5.91 Å². The number of hydrogen-bond acceptors (Lipinski definition) is 3. The van der Waals surface area contributed by atoms with Gasteiger partial charge in [0.05, 0.1) is 11.6 Å². The molecule has 2 N–H and O–H groups in total. The predicted molar refractivity (Wildman–Crippen MR) is 66.4 cm³/mol. The minimum absolute atomic E-state index is 0.0422. The second-order valence-corrected chi connectivity index (χ2v) is 5.21. The van der Waals surface area contributed by atoms with Crippen LogP contribution in [0.15, 0.2) is 0 Å². The maximum absolute atomic E-state index is 11.6. The van der Waals surface area contributed by atoms with Gasteiger partial charge in [-0.3, -0.25) is 4.79 Å². The van der Waals surface area contributed by atoms with Crippen LogP contribution in [0.1, 0.15) is 34.6 Å². The van der Waals surface area contributed by atoms with E-state index >= 15 is 0 Å². The fraction of sp³-hybridized carbons (Fsp3) is 0.917. The van der Waals surface area contributed by atoms with Crippen LogP contribution in [0.5, 0.6) is 0 Å². The fourth-order valence-corrected chi connectivity index (χ4v) is 1.02. The first-order valence-corrected chi connectivity index (χ1v) is 5.84. The SMILES string of the molecule is COC(C)(C)CNC(C)C(=O)NCC(C)C. The molecule has 0 rings (SSSR count). The number of amides is 1. The second kappa shape index (κ2) is 6.86. The zero-order chi connectivity index (χ0) is 12.8. The number of methoxy groups -OCH3 is 1. The van der Waals surface area contributed by atoms with Crippen molar-refractivity contribution in [2.75, 3.05) is 20.2 Å². The zero-order valence-electron chi connectivity index (χ0n) is 11.4. The molecule has 0 aromatic heterocycles. The Morgan fingerprint density at radius 3 is 2.31 bits per heavy atom. The minimum atomic E-state index is -0.243. The summed E-state index contributed by atoms with van der Waals surface area (Å²) >= 11 is 0. The van der Waals surface area contributed by atoms with E-state index in [9.17, 15) is 4.79 Å². The number of rotatable bonds is 7. The van der Waals surface area contributed by atoms with Crippen LogP contribution in [0.4, 0.5) is 0 Å². The van der Waals surface area contributed by atoms with E-state index < -0.39 is 0 Å². The average Bonchev–Trinajstić information content (AvgIpc) is 2.22. The largest absolute Gasteiger partial charge is 0.377 e. The van der Waals surface area contributed by atoms with Crippen LogP contribution in [0.3, 0.4) is 0 Å². The molecule has 0 saturated carbocycles. The summed E-state index contributed by atoms with van der Waals surface area (Å²) in [6, 6.07) is -0.187. The van der Waals surface area contributed by atoms with Gasteiger partial charge in [-0.25, -0.2) is 0 Å². The highest BCUT2D eigenvalue weighted by atomic mass is 16.5. The first-order chi connectivity index (χ1) is 7.28. The summed E-state index contributed by atoms with van der Waals surface area (Å²) in [5, 5.41) is 6.05. The molecule has 1 amide bonds. The highest BCUT2D eigenvalue weighted by molar-refractivity contribution is 5.81. The van der Waals surface area contributed by atoms with Gasteiger partial charge < -0.3 is 15.4 Å². The lowest BCUT2D eigenvalue weighted by molar-refractivity contribution is -0.123. The molecule has 0 fully saturated rings. The third-order valence-electron chi connectivity index (χ3n) is 2.46. The molecule has 0 bridgehead atoms. The summed E-state index contributed by atoms with van der Waals surface area (Å²) in [5.41, 5.74) is -0.243. The first kappa shape index (κ1) is 15.4. The molecule has 1 atom stereocenters. The Kier molecular flexibility index (Phi) is 6.60. The molecule has 0 spiro atoms. The Balaban J connectivity index is 3.88. The Bertz CT molecular complexity index is 215. The summed E-state index contributed by atoms with van der Waals surface area (Å²) in [6.45, 7) is 11.4. The summed E-state index contributed by atoms with van der Waals surface area (Å²) < 4.78 is 5.27. The van der Waals surface area contributed by atoms with Crippen molar-refractivity contribution in [3.63, 3.8) is 0 Å². The van der Waals surface area contributed by atoms with E-state index in [0.717, 1.165) is 6.54 Å². The summed E-state index contributed by atoms with van der Waals surface area (Å²) in [7, 11) is 1.67. The van der Waals surface area contributed by atoms with Crippen molar-refractivity contribution in [3.05, 3.63) is 0 Å². The van der Waals surface area contributed by atoms with Crippen molar-refractivity contribution in [2.24, 2.45) is 5.92 Å². The molecule has 0 aromatic carbocycles. The summed E-state index contributed by atoms with van der Waals surface area (Å²) in [6.07, 6.45) is 0. The number of nitrogens with one attached hydrogen (secondary N) is 2. The first-order valence-electron chi connectivity index (χ1n) is 5.84. The van der Waals surface area contributed by atoms with Gasteiger partial charge in [-0.2, -0.15) is 0 Å². The van der Waals surface area contributed by atoms with Crippen LogP contribution in [0.2, 0.25) is 0 Å². The van der Waals surface area contributed by atoms with Gasteiger partial charge in [0.2, 0.25) is 5.91 Å². The minimum Gasteiger partial charge on any atom is -0.377 e. The van der Waals surface area contributed by atoms with Crippen LogP contribution >= 0.6 is 0 Å². The molecule has 0 heterocycles. The fourth-order valence-electron chi connectivity index (χ4n) is 1.02. The van der Waals surface area contributed by atoms with Crippen LogP contribution in [0.25, 0.3) is 0 Å². The maximum atomic E-state index is 11.6. The van der Waals surface area contributed by atoms with Gasteiger partial charge in [0.1, 0.15) is 0 Å². The molecule has 0 aromatic rings. The number of ether oxygens (including phenoxy) is 1. The normalized spacial score (nSPS) is 13.9. The summed E-state index contributed by atoms with van der Waals surface area (Å²) in [5.74, 6) is 0.521. The van der Waals surface area contributed by atoms with Crippen LogP contribution in [0, 0.1) is 5.92 Å². The molecule has 0 aliphatic heterocycles. The lowest BCUT2D eigenvalue weighted by Gasteiger charge is -2.25. The molecule has 0 aliphatic rings. The predicted octanol–water partition coefficient (Wildman–Crippen LogP) is 1.16. The van der Waals surface area contributed by atoms with Crippen molar-refractivity contribution < 1.29 is 9.53 Å². The highest BCUT2D eigenvalue weighted by Crippen LogP contribution is 2.05. The molecule has 4 nitrogen and oxygen atoms in total. The van der Waals surface area contributed by atoms with Gasteiger partial charge >= 0.3 is 0 Å². The number of carbonyl (C=O) groups excluding carboxylic acids is 1. The molecular formula is C12H26N2O2. The third kappa shape index (κ3) is 6.80. The van der Waals surface area contributed by atoms with E-state index in [1.54, 1.807) is 7.11 Å². The van der Waals surface area contributed by atoms with E-state index in [4.69, 9.17) is 4.74 Å². The van der Waals surface area contributed by atoms with Gasteiger partial charge in [0.15, 0.2) is 0 Å². The van der Waals surface area contributed by atoms with Crippen molar-refractivity contribution in [1.29, 1.82) is 0 Å². The lowest BCUT2D eigenvalue weighted by Crippen LogP contribution is -2.48.